The average Bonchev–Trinajstić information content (AvgIpc) is 3.06. The highest BCUT2D eigenvalue weighted by Crippen LogP contribution is 2.50. The SMILES string of the molecule is O=C1c2ccccc2-n2nnnc2C2(CCCC2)N1C1CC1. The van der Waals surface area contributed by atoms with E-state index >= 15 is 0 Å². The van der Waals surface area contributed by atoms with E-state index in [1.807, 2.05) is 24.3 Å². The van der Waals surface area contributed by atoms with Gasteiger partial charge in [0.15, 0.2) is 5.82 Å². The Morgan fingerprint density at radius 3 is 2.68 bits per heavy atom. The molecule has 6 heteroatoms. The number of tetrazole rings is 1. The van der Waals surface area contributed by atoms with Crippen LogP contribution in [0.5, 0.6) is 0 Å². The third kappa shape index (κ3) is 1.44. The lowest BCUT2D eigenvalue weighted by atomic mass is 9.93. The zero-order valence-electron chi connectivity index (χ0n) is 12.3. The Morgan fingerprint density at radius 1 is 1.14 bits per heavy atom. The van der Waals surface area contributed by atoms with E-state index in [2.05, 4.69) is 20.4 Å². The van der Waals surface area contributed by atoms with Crippen molar-refractivity contribution in [3.63, 3.8) is 0 Å². The summed E-state index contributed by atoms with van der Waals surface area (Å²) in [6.07, 6.45) is 6.36. The number of rotatable bonds is 1. The minimum absolute atomic E-state index is 0.132. The minimum Gasteiger partial charge on any atom is -0.323 e. The van der Waals surface area contributed by atoms with E-state index in [-0.39, 0.29) is 11.4 Å². The molecular weight excluding hydrogens is 278 g/mol. The van der Waals surface area contributed by atoms with Crippen LogP contribution in [0.15, 0.2) is 24.3 Å². The van der Waals surface area contributed by atoms with Gasteiger partial charge in [-0.15, -0.1) is 5.10 Å². The Hall–Kier alpha value is -2.24. The molecule has 3 aliphatic rings. The molecule has 1 aromatic heterocycles. The summed E-state index contributed by atoms with van der Waals surface area (Å²) in [4.78, 5) is 15.4. The molecule has 1 amide bonds. The van der Waals surface area contributed by atoms with Gasteiger partial charge in [0.25, 0.3) is 5.91 Å². The predicted octanol–water partition coefficient (Wildman–Crippen LogP) is 2.05. The second-order valence-corrected chi connectivity index (χ2v) is 6.58. The second-order valence-electron chi connectivity index (χ2n) is 6.58. The summed E-state index contributed by atoms with van der Waals surface area (Å²) in [6.45, 7) is 0. The molecule has 2 aliphatic carbocycles. The molecule has 0 unspecified atom stereocenters. The lowest BCUT2D eigenvalue weighted by Crippen LogP contribution is -2.49. The third-order valence-corrected chi connectivity index (χ3v) is 5.27. The van der Waals surface area contributed by atoms with E-state index < -0.39 is 0 Å². The van der Waals surface area contributed by atoms with Gasteiger partial charge in [0.2, 0.25) is 0 Å². The molecule has 1 aromatic carbocycles. The second kappa shape index (κ2) is 4.15. The van der Waals surface area contributed by atoms with Gasteiger partial charge >= 0.3 is 0 Å². The van der Waals surface area contributed by atoms with E-state index in [1.54, 1.807) is 4.68 Å². The minimum atomic E-state index is -0.319. The van der Waals surface area contributed by atoms with Gasteiger partial charge in [-0.2, -0.15) is 4.68 Å². The van der Waals surface area contributed by atoms with Crippen molar-refractivity contribution in [3.05, 3.63) is 35.7 Å². The number of benzene rings is 1. The molecule has 2 aromatic rings. The molecule has 5 rings (SSSR count). The van der Waals surface area contributed by atoms with Crippen LogP contribution in [0.3, 0.4) is 0 Å². The molecule has 0 radical (unpaired) electrons. The first-order valence-electron chi connectivity index (χ1n) is 8.03. The highest BCUT2D eigenvalue weighted by Gasteiger charge is 2.54. The van der Waals surface area contributed by atoms with E-state index in [0.717, 1.165) is 50.0 Å². The molecule has 6 nitrogen and oxygen atoms in total. The normalized spacial score (nSPS) is 22.5. The molecule has 0 bridgehead atoms. The number of amides is 1. The molecule has 1 aliphatic heterocycles. The Balaban J connectivity index is 1.83. The van der Waals surface area contributed by atoms with Crippen LogP contribution in [0.4, 0.5) is 0 Å². The predicted molar refractivity (Wildman–Crippen MR) is 78.5 cm³/mol. The zero-order chi connectivity index (χ0) is 14.7. The maximum absolute atomic E-state index is 13.3. The number of hydrogen-bond acceptors (Lipinski definition) is 4. The summed E-state index contributed by atoms with van der Waals surface area (Å²) in [5, 5.41) is 12.5. The fourth-order valence-electron chi connectivity index (χ4n) is 4.18. The van der Waals surface area contributed by atoms with Crippen LogP contribution >= 0.6 is 0 Å². The molecule has 2 saturated carbocycles. The third-order valence-electron chi connectivity index (χ3n) is 5.27. The fourth-order valence-corrected chi connectivity index (χ4v) is 4.18. The molecule has 0 atom stereocenters. The number of hydrogen-bond donors (Lipinski definition) is 0. The van der Waals surface area contributed by atoms with Crippen molar-refractivity contribution in [2.24, 2.45) is 0 Å². The number of carbonyl (C=O) groups excluding carboxylic acids is 1. The number of aromatic nitrogens is 4. The average molecular weight is 295 g/mol. The number of nitrogens with zero attached hydrogens (tertiary/aromatic N) is 5. The topological polar surface area (TPSA) is 63.9 Å². The van der Waals surface area contributed by atoms with Gasteiger partial charge in [0, 0.05) is 6.04 Å². The first-order valence-corrected chi connectivity index (χ1v) is 8.03. The fraction of sp³-hybridized carbons (Fsp3) is 0.500. The van der Waals surface area contributed by atoms with Crippen LogP contribution in [0, 0.1) is 0 Å². The monoisotopic (exact) mass is 295 g/mol. The smallest absolute Gasteiger partial charge is 0.257 e. The molecule has 2 heterocycles. The number of carbonyl (C=O) groups is 1. The molecule has 0 N–H and O–H groups in total. The van der Waals surface area contributed by atoms with Gasteiger partial charge in [-0.1, -0.05) is 25.0 Å². The quantitative estimate of drug-likeness (QED) is 0.807. The Kier molecular flexibility index (Phi) is 2.32. The molecule has 22 heavy (non-hydrogen) atoms. The van der Waals surface area contributed by atoms with Crippen molar-refractivity contribution in [1.82, 2.24) is 25.1 Å². The Bertz CT molecular complexity index is 757. The number of fused-ring (bicyclic) bond motifs is 4. The van der Waals surface area contributed by atoms with Crippen molar-refractivity contribution < 1.29 is 4.79 Å². The highest BCUT2D eigenvalue weighted by atomic mass is 16.2. The Morgan fingerprint density at radius 2 is 1.91 bits per heavy atom. The van der Waals surface area contributed by atoms with E-state index in [4.69, 9.17) is 0 Å². The van der Waals surface area contributed by atoms with Crippen molar-refractivity contribution in [2.75, 3.05) is 0 Å². The molecular formula is C16H17N5O. The first kappa shape index (κ1) is 12.3. The largest absolute Gasteiger partial charge is 0.323 e. The van der Waals surface area contributed by atoms with Gasteiger partial charge in [0.1, 0.15) is 5.54 Å². The van der Waals surface area contributed by atoms with Crippen molar-refractivity contribution in [2.45, 2.75) is 50.1 Å². The maximum Gasteiger partial charge on any atom is 0.257 e. The summed E-state index contributed by atoms with van der Waals surface area (Å²) in [7, 11) is 0. The van der Waals surface area contributed by atoms with Crippen molar-refractivity contribution in [3.8, 4) is 5.69 Å². The first-order chi connectivity index (χ1) is 10.8. The lowest BCUT2D eigenvalue weighted by Gasteiger charge is -2.39. The van der Waals surface area contributed by atoms with Gasteiger partial charge < -0.3 is 4.90 Å². The zero-order valence-corrected chi connectivity index (χ0v) is 12.3. The molecule has 1 spiro atoms. The molecule has 2 fully saturated rings. The standard InChI is InChI=1S/C16H17N5O/c22-14-12-5-1-2-6-13(12)21-15(17-18-19-21)16(9-3-4-10-16)20(14)11-7-8-11/h1-2,5-6,11H,3-4,7-10H2. The van der Waals surface area contributed by atoms with Gasteiger partial charge in [-0.25, -0.2) is 0 Å². The summed E-state index contributed by atoms with van der Waals surface area (Å²) >= 11 is 0. The van der Waals surface area contributed by atoms with E-state index in [9.17, 15) is 4.79 Å². The van der Waals surface area contributed by atoms with Crippen LogP contribution in [0.25, 0.3) is 5.69 Å². The van der Waals surface area contributed by atoms with E-state index in [0.29, 0.717) is 11.6 Å². The Labute approximate surface area is 128 Å². The van der Waals surface area contributed by atoms with Gasteiger partial charge in [-0.05, 0) is 48.2 Å². The molecule has 112 valence electrons. The van der Waals surface area contributed by atoms with Gasteiger partial charge in [-0.3, -0.25) is 4.79 Å². The van der Waals surface area contributed by atoms with Crippen LogP contribution in [-0.4, -0.2) is 37.1 Å². The summed E-state index contributed by atoms with van der Waals surface area (Å²) in [5.74, 6) is 0.975. The van der Waals surface area contributed by atoms with Crippen LogP contribution < -0.4 is 0 Å². The van der Waals surface area contributed by atoms with Crippen molar-refractivity contribution in [1.29, 1.82) is 0 Å². The summed E-state index contributed by atoms with van der Waals surface area (Å²) in [6, 6.07) is 8.03. The van der Waals surface area contributed by atoms with Crippen LogP contribution in [-0.2, 0) is 5.54 Å². The van der Waals surface area contributed by atoms with Gasteiger partial charge in [0.05, 0.1) is 11.3 Å². The maximum atomic E-state index is 13.3. The highest BCUT2D eigenvalue weighted by molar-refractivity contribution is 5.99. The van der Waals surface area contributed by atoms with E-state index in [1.165, 1.54) is 0 Å². The lowest BCUT2D eigenvalue weighted by molar-refractivity contribution is 0.0417. The molecule has 0 saturated heterocycles. The summed E-state index contributed by atoms with van der Waals surface area (Å²) < 4.78 is 1.79. The number of para-hydroxylation sites is 1. The van der Waals surface area contributed by atoms with Crippen LogP contribution in [0.2, 0.25) is 0 Å². The van der Waals surface area contributed by atoms with Crippen LogP contribution in [0.1, 0.15) is 54.7 Å². The van der Waals surface area contributed by atoms with Crippen molar-refractivity contribution >= 4 is 5.91 Å². The summed E-state index contributed by atoms with van der Waals surface area (Å²) in [5.41, 5.74) is 1.20.